The van der Waals surface area contributed by atoms with Gasteiger partial charge in [-0.1, -0.05) is 0 Å². The van der Waals surface area contributed by atoms with Crippen molar-refractivity contribution in [2.75, 3.05) is 7.11 Å². The zero-order chi connectivity index (χ0) is 11.5. The first-order valence-electron chi connectivity index (χ1n) is 4.23. The van der Waals surface area contributed by atoms with Crippen LogP contribution in [0.2, 0.25) is 0 Å². The molecular weight excluding hydrogens is 232 g/mol. The lowest BCUT2D eigenvalue weighted by molar-refractivity contribution is 0.0563. The molecule has 0 atom stereocenters. The number of esters is 1. The maximum absolute atomic E-state index is 11.7. The van der Waals surface area contributed by atoms with Gasteiger partial charge in [0, 0.05) is 0 Å². The Kier molecular flexibility index (Phi) is 2.78. The highest BCUT2D eigenvalue weighted by Gasteiger charge is 2.18. The van der Waals surface area contributed by atoms with E-state index in [1.165, 1.54) is 25.4 Å². The van der Waals surface area contributed by atoms with Crippen molar-refractivity contribution in [3.8, 4) is 0 Å². The molecule has 0 aromatic carbocycles. The van der Waals surface area contributed by atoms with E-state index in [2.05, 4.69) is 13.5 Å². The molecule has 2 aromatic rings. The molecule has 0 aliphatic carbocycles. The van der Waals surface area contributed by atoms with Gasteiger partial charge in [-0.3, -0.25) is 4.79 Å². The van der Waals surface area contributed by atoms with E-state index in [1.54, 1.807) is 0 Å². The molecule has 2 heterocycles. The van der Waals surface area contributed by atoms with Crippen molar-refractivity contribution >= 4 is 23.5 Å². The van der Waals surface area contributed by atoms with Crippen molar-refractivity contribution in [2.24, 2.45) is 0 Å². The van der Waals surface area contributed by atoms with Crippen molar-refractivity contribution in [3.63, 3.8) is 0 Å². The van der Waals surface area contributed by atoms with Gasteiger partial charge in [0.1, 0.15) is 5.69 Å². The molecule has 0 spiro atoms. The minimum absolute atomic E-state index is 0.0194. The van der Waals surface area contributed by atoms with Crippen molar-refractivity contribution in [1.82, 2.24) is 8.75 Å². The summed E-state index contributed by atoms with van der Waals surface area (Å²) in [5.41, 5.74) is 0.191. The van der Waals surface area contributed by atoms with E-state index in [4.69, 9.17) is 4.42 Å². The van der Waals surface area contributed by atoms with Crippen LogP contribution in [0.5, 0.6) is 0 Å². The third kappa shape index (κ3) is 1.84. The highest BCUT2D eigenvalue weighted by Crippen LogP contribution is 2.13. The first kappa shape index (κ1) is 10.5. The number of carbonyl (C=O) groups excluding carboxylic acids is 2. The van der Waals surface area contributed by atoms with E-state index in [-0.39, 0.29) is 17.2 Å². The monoisotopic (exact) mass is 238 g/mol. The van der Waals surface area contributed by atoms with Gasteiger partial charge in [-0.25, -0.2) is 4.79 Å². The Morgan fingerprint density at radius 1 is 1.38 bits per heavy atom. The molecule has 2 aromatic heterocycles. The summed E-state index contributed by atoms with van der Waals surface area (Å²) in [7, 11) is 1.23. The van der Waals surface area contributed by atoms with Crippen LogP contribution >= 0.6 is 11.7 Å². The van der Waals surface area contributed by atoms with Gasteiger partial charge in [-0.2, -0.15) is 8.75 Å². The van der Waals surface area contributed by atoms with Gasteiger partial charge in [0.2, 0.25) is 11.5 Å². The Balaban J connectivity index is 2.26. The summed E-state index contributed by atoms with van der Waals surface area (Å²) in [5, 5.41) is 0. The molecule has 0 aliphatic rings. The molecule has 0 unspecified atom stereocenters. The summed E-state index contributed by atoms with van der Waals surface area (Å²) < 4.78 is 17.0. The number of methoxy groups -OCH3 is 1. The third-order valence-electron chi connectivity index (χ3n) is 1.81. The fraction of sp³-hybridized carbons (Fsp3) is 0.111. The summed E-state index contributed by atoms with van der Waals surface area (Å²) in [4.78, 5) is 22.8. The van der Waals surface area contributed by atoms with Crippen LogP contribution in [0.15, 0.2) is 22.7 Å². The van der Waals surface area contributed by atoms with Crippen LogP contribution in [-0.2, 0) is 4.74 Å². The fourth-order valence-corrected chi connectivity index (χ4v) is 1.47. The second kappa shape index (κ2) is 4.23. The normalized spacial score (nSPS) is 10.1. The zero-order valence-corrected chi connectivity index (χ0v) is 8.98. The molecule has 0 bridgehead atoms. The van der Waals surface area contributed by atoms with Gasteiger partial charge < -0.3 is 9.15 Å². The van der Waals surface area contributed by atoms with Crippen molar-refractivity contribution in [2.45, 2.75) is 0 Å². The van der Waals surface area contributed by atoms with Crippen LogP contribution in [-0.4, -0.2) is 27.6 Å². The standard InChI is InChI=1S/C9H6N2O4S/c1-14-9(13)7-3-2-6(15-7)8(12)5-4-10-16-11-5/h2-4H,1H3. The lowest BCUT2D eigenvalue weighted by Gasteiger charge is -1.93. The van der Waals surface area contributed by atoms with E-state index in [0.29, 0.717) is 0 Å². The minimum Gasteiger partial charge on any atom is -0.463 e. The Morgan fingerprint density at radius 2 is 2.12 bits per heavy atom. The first-order valence-corrected chi connectivity index (χ1v) is 4.96. The predicted octanol–water partition coefficient (Wildman–Crippen LogP) is 1.15. The number of aromatic nitrogens is 2. The van der Waals surface area contributed by atoms with E-state index >= 15 is 0 Å². The van der Waals surface area contributed by atoms with Crippen molar-refractivity contribution in [3.05, 3.63) is 35.5 Å². The lowest BCUT2D eigenvalue weighted by Crippen LogP contribution is -2.01. The number of nitrogens with zero attached hydrogens (tertiary/aromatic N) is 2. The molecule has 16 heavy (non-hydrogen) atoms. The van der Waals surface area contributed by atoms with Crippen LogP contribution in [0.3, 0.4) is 0 Å². The van der Waals surface area contributed by atoms with Crippen molar-refractivity contribution in [1.29, 1.82) is 0 Å². The molecule has 0 fully saturated rings. The minimum atomic E-state index is -0.629. The van der Waals surface area contributed by atoms with Crippen LogP contribution in [0.4, 0.5) is 0 Å². The smallest absolute Gasteiger partial charge is 0.373 e. The SMILES string of the molecule is COC(=O)c1ccc(C(=O)c2cnsn2)o1. The molecule has 0 amide bonds. The summed E-state index contributed by atoms with van der Waals surface area (Å²) in [6.45, 7) is 0. The molecular formula is C9H6N2O4S. The van der Waals surface area contributed by atoms with Gasteiger partial charge in [-0.05, 0) is 12.1 Å². The van der Waals surface area contributed by atoms with Crippen LogP contribution in [0, 0.1) is 0 Å². The highest BCUT2D eigenvalue weighted by atomic mass is 32.1. The molecule has 82 valence electrons. The van der Waals surface area contributed by atoms with E-state index in [9.17, 15) is 9.59 Å². The van der Waals surface area contributed by atoms with Gasteiger partial charge in [-0.15, -0.1) is 0 Å². The first-order chi connectivity index (χ1) is 7.72. The summed E-state index contributed by atoms with van der Waals surface area (Å²) >= 11 is 0.926. The average molecular weight is 238 g/mol. The van der Waals surface area contributed by atoms with E-state index in [0.717, 1.165) is 11.7 Å². The van der Waals surface area contributed by atoms with Crippen LogP contribution < -0.4 is 0 Å². The second-order valence-corrected chi connectivity index (χ2v) is 3.33. The molecule has 2 rings (SSSR count). The molecule has 0 radical (unpaired) electrons. The number of carbonyl (C=O) groups is 2. The largest absolute Gasteiger partial charge is 0.463 e. The Hall–Kier alpha value is -2.02. The average Bonchev–Trinajstić information content (AvgIpc) is 2.97. The molecule has 6 nitrogen and oxygen atoms in total. The Labute approximate surface area is 94.2 Å². The van der Waals surface area contributed by atoms with Gasteiger partial charge in [0.15, 0.2) is 5.76 Å². The Morgan fingerprint density at radius 3 is 2.75 bits per heavy atom. The van der Waals surface area contributed by atoms with Crippen LogP contribution in [0.1, 0.15) is 26.8 Å². The zero-order valence-electron chi connectivity index (χ0n) is 8.17. The van der Waals surface area contributed by atoms with Gasteiger partial charge in [0.25, 0.3) is 0 Å². The highest BCUT2D eigenvalue weighted by molar-refractivity contribution is 6.99. The number of hydrogen-bond acceptors (Lipinski definition) is 7. The van der Waals surface area contributed by atoms with Gasteiger partial charge in [0.05, 0.1) is 25.0 Å². The number of furan rings is 1. The number of ketones is 1. The number of hydrogen-bond donors (Lipinski definition) is 0. The van der Waals surface area contributed by atoms with Crippen LogP contribution in [0.25, 0.3) is 0 Å². The molecule has 0 aliphatic heterocycles. The van der Waals surface area contributed by atoms with E-state index < -0.39 is 11.8 Å². The molecule has 0 saturated carbocycles. The number of rotatable bonds is 3. The fourth-order valence-electron chi connectivity index (χ4n) is 1.06. The quantitative estimate of drug-likeness (QED) is 0.589. The third-order valence-corrected chi connectivity index (χ3v) is 2.29. The summed E-state index contributed by atoms with van der Waals surface area (Å²) in [6.07, 6.45) is 1.34. The van der Waals surface area contributed by atoms with E-state index in [1.807, 2.05) is 0 Å². The molecule has 0 saturated heterocycles. The number of ether oxygens (including phenoxy) is 1. The topological polar surface area (TPSA) is 82.3 Å². The van der Waals surface area contributed by atoms with Gasteiger partial charge >= 0.3 is 5.97 Å². The maximum atomic E-state index is 11.7. The lowest BCUT2D eigenvalue weighted by atomic mass is 10.2. The van der Waals surface area contributed by atoms with Crippen molar-refractivity contribution < 1.29 is 18.7 Å². The second-order valence-electron chi connectivity index (χ2n) is 2.78. The summed E-state index contributed by atoms with van der Waals surface area (Å²) in [5.74, 6) is -1.03. The maximum Gasteiger partial charge on any atom is 0.373 e. The summed E-state index contributed by atoms with van der Waals surface area (Å²) in [6, 6.07) is 2.77. The Bertz CT molecular complexity index is 517. The molecule has 0 N–H and O–H groups in total. The molecule has 7 heteroatoms. The predicted molar refractivity (Wildman–Crippen MR) is 53.4 cm³/mol.